The first-order chi connectivity index (χ1) is 12.1. The highest BCUT2D eigenvalue weighted by Crippen LogP contribution is 2.14. The molecular weight excluding hydrogens is 336 g/mol. The number of benzene rings is 1. The smallest absolute Gasteiger partial charge is 0.314 e. The number of carbonyl (C=O) groups excluding carboxylic acids is 1. The molecule has 6 nitrogen and oxygen atoms in total. The first-order valence-corrected chi connectivity index (χ1v) is 9.21. The summed E-state index contributed by atoms with van der Waals surface area (Å²) in [5.74, 6) is -0.0925. The third kappa shape index (κ3) is 3.99. The average Bonchev–Trinajstić information content (AvgIpc) is 2.96. The van der Waals surface area contributed by atoms with Crippen LogP contribution in [0.4, 0.5) is 0 Å². The molecule has 1 unspecified atom stereocenters. The van der Waals surface area contributed by atoms with Gasteiger partial charge < -0.3 is 9.64 Å². The molecule has 134 valence electrons. The molecule has 7 heteroatoms. The highest BCUT2D eigenvalue weighted by Gasteiger charge is 2.30. The second-order valence-electron chi connectivity index (χ2n) is 6.52. The van der Waals surface area contributed by atoms with Crippen LogP contribution in [0.15, 0.2) is 30.6 Å². The zero-order valence-corrected chi connectivity index (χ0v) is 15.6. The van der Waals surface area contributed by atoms with Crippen LogP contribution in [0.25, 0.3) is 5.69 Å². The Hall–Kier alpha value is -1.99. The van der Waals surface area contributed by atoms with Crippen LogP contribution < -0.4 is 4.90 Å². The van der Waals surface area contributed by atoms with Gasteiger partial charge in [0.2, 0.25) is 4.77 Å². The number of ether oxygens (including phenoxy) is 1. The largest absolute Gasteiger partial charge is 0.466 e. The number of aryl methyl sites for hydroxylation is 1. The molecule has 0 amide bonds. The van der Waals surface area contributed by atoms with E-state index in [0.717, 1.165) is 37.2 Å². The summed E-state index contributed by atoms with van der Waals surface area (Å²) in [6.07, 6.45) is 3.70. The van der Waals surface area contributed by atoms with Gasteiger partial charge in [-0.15, -0.1) is 0 Å². The van der Waals surface area contributed by atoms with Gasteiger partial charge in [-0.25, -0.2) is 0 Å². The van der Waals surface area contributed by atoms with Crippen LogP contribution in [0, 0.1) is 17.6 Å². The van der Waals surface area contributed by atoms with Gasteiger partial charge in [0.15, 0.2) is 6.67 Å². The fourth-order valence-corrected chi connectivity index (χ4v) is 3.67. The quantitative estimate of drug-likeness (QED) is 0.648. The molecule has 0 aliphatic carbocycles. The predicted molar refractivity (Wildman–Crippen MR) is 97.2 cm³/mol. The van der Waals surface area contributed by atoms with Crippen LogP contribution in [0.1, 0.15) is 25.3 Å². The van der Waals surface area contributed by atoms with Crippen LogP contribution in [-0.2, 0) is 16.2 Å². The number of nitrogens with one attached hydrogen (secondary N) is 1. The van der Waals surface area contributed by atoms with Crippen molar-refractivity contribution >= 4 is 18.2 Å². The Balaban J connectivity index is 1.73. The van der Waals surface area contributed by atoms with Crippen molar-refractivity contribution in [2.24, 2.45) is 5.92 Å². The minimum Gasteiger partial charge on any atom is -0.466 e. The maximum atomic E-state index is 12.0. The molecule has 0 spiro atoms. The summed E-state index contributed by atoms with van der Waals surface area (Å²) in [6.45, 7) is 6.83. The standard InChI is InChI=1S/C18H24N4O2S/c1-3-24-17(23)15-8-6-10-20(11-15)13-22-18(25)21(12-19-22)16-9-5-4-7-14(16)2/h4-5,7,9,12,15H,3,6,8,10-11,13H2,1-2H3/p+1/t15-/m1/s1. The topological polar surface area (TPSA) is 53.5 Å². The van der Waals surface area contributed by atoms with E-state index >= 15 is 0 Å². The molecule has 1 aromatic heterocycles. The minimum atomic E-state index is -0.0752. The number of nitrogens with zero attached hydrogens (tertiary/aromatic N) is 3. The van der Waals surface area contributed by atoms with E-state index in [2.05, 4.69) is 18.1 Å². The van der Waals surface area contributed by atoms with Crippen molar-refractivity contribution in [1.29, 1.82) is 0 Å². The molecule has 1 N–H and O–H groups in total. The third-order valence-electron chi connectivity index (χ3n) is 4.72. The van der Waals surface area contributed by atoms with Gasteiger partial charge in [0.25, 0.3) is 0 Å². The highest BCUT2D eigenvalue weighted by atomic mass is 32.1. The summed E-state index contributed by atoms with van der Waals surface area (Å²) < 4.78 is 9.65. The Morgan fingerprint density at radius 1 is 1.44 bits per heavy atom. The summed E-state index contributed by atoms with van der Waals surface area (Å²) in [4.78, 5) is 13.3. The number of aromatic nitrogens is 3. The Labute approximate surface area is 153 Å². The highest BCUT2D eigenvalue weighted by molar-refractivity contribution is 7.71. The van der Waals surface area contributed by atoms with Crippen molar-refractivity contribution in [3.05, 3.63) is 40.9 Å². The molecule has 2 atom stereocenters. The fourth-order valence-electron chi connectivity index (χ4n) is 3.41. The lowest BCUT2D eigenvalue weighted by Gasteiger charge is -2.28. The van der Waals surface area contributed by atoms with Crippen LogP contribution >= 0.6 is 12.2 Å². The normalized spacial score (nSPS) is 20.4. The Bertz CT molecular complexity index is 798. The number of carbonyl (C=O) groups is 1. The molecule has 2 aromatic rings. The first-order valence-electron chi connectivity index (χ1n) is 8.80. The van der Waals surface area contributed by atoms with Crippen LogP contribution in [0.2, 0.25) is 0 Å². The van der Waals surface area contributed by atoms with Gasteiger partial charge in [0.05, 0.1) is 25.4 Å². The van der Waals surface area contributed by atoms with Gasteiger partial charge in [0.1, 0.15) is 12.2 Å². The summed E-state index contributed by atoms with van der Waals surface area (Å²) in [6, 6.07) is 8.12. The van der Waals surface area contributed by atoms with Gasteiger partial charge in [-0.1, -0.05) is 18.2 Å². The van der Waals surface area contributed by atoms with Crippen molar-refractivity contribution in [2.45, 2.75) is 33.4 Å². The second-order valence-corrected chi connectivity index (χ2v) is 6.89. The molecule has 1 aromatic carbocycles. The SMILES string of the molecule is CCOC(=O)[C@@H]1CCC[NH+](Cn2ncn(-c3ccccc3C)c2=S)C1. The predicted octanol–water partition coefficient (Wildman–Crippen LogP) is 1.53. The first kappa shape index (κ1) is 17.8. The molecule has 2 heterocycles. The van der Waals surface area contributed by atoms with E-state index in [1.54, 1.807) is 6.33 Å². The molecule has 0 saturated carbocycles. The number of hydrogen-bond acceptors (Lipinski definition) is 4. The molecule has 0 bridgehead atoms. The minimum absolute atomic E-state index is 0.0173. The van der Waals surface area contributed by atoms with E-state index in [9.17, 15) is 4.79 Å². The van der Waals surface area contributed by atoms with Crippen molar-refractivity contribution < 1.29 is 14.4 Å². The van der Waals surface area contributed by atoms with E-state index in [1.807, 2.05) is 34.4 Å². The Morgan fingerprint density at radius 3 is 3.00 bits per heavy atom. The van der Waals surface area contributed by atoms with Gasteiger partial charge in [-0.3, -0.25) is 9.36 Å². The van der Waals surface area contributed by atoms with Crippen molar-refractivity contribution in [3.8, 4) is 5.69 Å². The summed E-state index contributed by atoms with van der Waals surface area (Å²) >= 11 is 5.62. The molecule has 1 saturated heterocycles. The summed E-state index contributed by atoms with van der Waals surface area (Å²) in [5.41, 5.74) is 2.21. The van der Waals surface area contributed by atoms with Crippen LogP contribution in [-0.4, -0.2) is 40.0 Å². The van der Waals surface area contributed by atoms with Gasteiger partial charge >= 0.3 is 5.97 Å². The molecular formula is C18H25N4O2S+. The van der Waals surface area contributed by atoms with E-state index in [0.29, 0.717) is 18.0 Å². The molecule has 1 aliphatic heterocycles. The molecule has 3 rings (SSSR count). The molecule has 0 radical (unpaired) electrons. The average molecular weight is 361 g/mol. The maximum Gasteiger partial charge on any atom is 0.314 e. The number of para-hydroxylation sites is 1. The van der Waals surface area contributed by atoms with Gasteiger partial charge in [0, 0.05) is 0 Å². The lowest BCUT2D eigenvalue weighted by Crippen LogP contribution is -3.13. The lowest BCUT2D eigenvalue weighted by molar-refractivity contribution is -0.930. The number of esters is 1. The van der Waals surface area contributed by atoms with Crippen molar-refractivity contribution in [2.75, 3.05) is 19.7 Å². The van der Waals surface area contributed by atoms with E-state index < -0.39 is 0 Å². The zero-order valence-electron chi connectivity index (χ0n) is 14.8. The Morgan fingerprint density at radius 2 is 2.24 bits per heavy atom. The Kier molecular flexibility index (Phi) is 5.65. The van der Waals surface area contributed by atoms with Gasteiger partial charge in [-0.2, -0.15) is 9.78 Å². The number of quaternary nitrogens is 1. The molecule has 25 heavy (non-hydrogen) atoms. The van der Waals surface area contributed by atoms with Crippen molar-refractivity contribution in [1.82, 2.24) is 14.3 Å². The molecule has 1 fully saturated rings. The van der Waals surface area contributed by atoms with Crippen molar-refractivity contribution in [3.63, 3.8) is 0 Å². The number of piperidine rings is 1. The summed E-state index contributed by atoms with van der Waals surface area (Å²) in [5, 5.41) is 4.47. The van der Waals surface area contributed by atoms with Gasteiger partial charge in [-0.05, 0) is 50.5 Å². The third-order valence-corrected chi connectivity index (χ3v) is 5.13. The zero-order chi connectivity index (χ0) is 17.8. The number of likely N-dealkylation sites (tertiary alicyclic amines) is 1. The van der Waals surface area contributed by atoms with Crippen LogP contribution in [0.5, 0.6) is 0 Å². The van der Waals surface area contributed by atoms with E-state index in [-0.39, 0.29) is 11.9 Å². The monoisotopic (exact) mass is 361 g/mol. The van der Waals surface area contributed by atoms with E-state index in [1.165, 1.54) is 4.90 Å². The number of rotatable bonds is 5. The second kappa shape index (κ2) is 7.93. The maximum absolute atomic E-state index is 12.0. The lowest BCUT2D eigenvalue weighted by atomic mass is 9.99. The fraction of sp³-hybridized carbons (Fsp3) is 0.500. The van der Waals surface area contributed by atoms with E-state index in [4.69, 9.17) is 17.0 Å². The number of hydrogen-bond donors (Lipinski definition) is 1. The van der Waals surface area contributed by atoms with Crippen LogP contribution in [0.3, 0.4) is 0 Å². The molecule has 1 aliphatic rings. The summed E-state index contributed by atoms with van der Waals surface area (Å²) in [7, 11) is 0.